The van der Waals surface area contributed by atoms with Gasteiger partial charge in [0.2, 0.25) is 5.91 Å². The standard InChI is InChI=1S/C14H17NO3S/c1-19-7-6-13(16)15-9-11(14(17)18)8-10-4-2-3-5-12(10)15/h2-5,11H,6-9H2,1H3,(H,17,18). The molecule has 0 saturated heterocycles. The summed E-state index contributed by atoms with van der Waals surface area (Å²) in [5.74, 6) is -0.576. The van der Waals surface area contributed by atoms with Crippen molar-refractivity contribution in [3.8, 4) is 0 Å². The zero-order valence-corrected chi connectivity index (χ0v) is 11.7. The summed E-state index contributed by atoms with van der Waals surface area (Å²) in [6.07, 6.45) is 2.90. The van der Waals surface area contributed by atoms with Crippen molar-refractivity contribution >= 4 is 29.3 Å². The van der Waals surface area contributed by atoms with E-state index >= 15 is 0 Å². The van der Waals surface area contributed by atoms with Gasteiger partial charge in [-0.15, -0.1) is 0 Å². The van der Waals surface area contributed by atoms with E-state index in [-0.39, 0.29) is 12.5 Å². The molecule has 1 unspecified atom stereocenters. The summed E-state index contributed by atoms with van der Waals surface area (Å²) in [5, 5.41) is 9.20. The Morgan fingerprint density at radius 3 is 2.84 bits per heavy atom. The highest BCUT2D eigenvalue weighted by Crippen LogP contribution is 2.30. The molecule has 0 bridgehead atoms. The van der Waals surface area contributed by atoms with Crippen LogP contribution in [0.15, 0.2) is 24.3 Å². The Labute approximate surface area is 116 Å². The van der Waals surface area contributed by atoms with E-state index in [4.69, 9.17) is 0 Å². The average molecular weight is 279 g/mol. The quantitative estimate of drug-likeness (QED) is 0.916. The van der Waals surface area contributed by atoms with Crippen molar-refractivity contribution in [3.05, 3.63) is 29.8 Å². The first-order valence-electron chi connectivity index (χ1n) is 6.23. The molecular weight excluding hydrogens is 262 g/mol. The number of para-hydroxylation sites is 1. The fourth-order valence-electron chi connectivity index (χ4n) is 2.32. The number of fused-ring (bicyclic) bond motifs is 1. The molecule has 5 heteroatoms. The summed E-state index contributed by atoms with van der Waals surface area (Å²) in [4.78, 5) is 25.0. The highest BCUT2D eigenvalue weighted by Gasteiger charge is 2.31. The van der Waals surface area contributed by atoms with Crippen LogP contribution in [0.1, 0.15) is 12.0 Å². The third kappa shape index (κ3) is 3.10. The van der Waals surface area contributed by atoms with Crippen molar-refractivity contribution in [2.75, 3.05) is 23.5 Å². The first kappa shape index (κ1) is 13.9. The Kier molecular flexibility index (Phi) is 4.47. The number of hydrogen-bond donors (Lipinski definition) is 1. The molecule has 19 heavy (non-hydrogen) atoms. The second kappa shape index (κ2) is 6.10. The summed E-state index contributed by atoms with van der Waals surface area (Å²) >= 11 is 1.62. The molecule has 4 nitrogen and oxygen atoms in total. The molecular formula is C14H17NO3S. The first-order chi connectivity index (χ1) is 9.13. The van der Waals surface area contributed by atoms with Gasteiger partial charge in [-0.1, -0.05) is 18.2 Å². The van der Waals surface area contributed by atoms with Gasteiger partial charge in [0.25, 0.3) is 0 Å². The Balaban J connectivity index is 2.26. The van der Waals surface area contributed by atoms with Gasteiger partial charge in [-0.25, -0.2) is 0 Å². The Morgan fingerprint density at radius 2 is 2.16 bits per heavy atom. The highest BCUT2D eigenvalue weighted by molar-refractivity contribution is 7.98. The number of carbonyl (C=O) groups excluding carboxylic acids is 1. The molecule has 1 aromatic rings. The number of nitrogens with zero attached hydrogens (tertiary/aromatic N) is 1. The smallest absolute Gasteiger partial charge is 0.308 e. The molecule has 1 aliphatic rings. The van der Waals surface area contributed by atoms with Crippen LogP contribution in [0.5, 0.6) is 0 Å². The third-order valence-electron chi connectivity index (χ3n) is 3.32. The van der Waals surface area contributed by atoms with Crippen LogP contribution in [0.2, 0.25) is 0 Å². The van der Waals surface area contributed by atoms with E-state index in [0.29, 0.717) is 12.8 Å². The van der Waals surface area contributed by atoms with Gasteiger partial charge in [0, 0.05) is 24.4 Å². The zero-order chi connectivity index (χ0) is 13.8. The van der Waals surface area contributed by atoms with Crippen LogP contribution in [-0.4, -0.2) is 35.5 Å². The monoisotopic (exact) mass is 279 g/mol. The predicted octanol–water partition coefficient (Wildman–Crippen LogP) is 2.03. The lowest BCUT2D eigenvalue weighted by Gasteiger charge is -2.33. The van der Waals surface area contributed by atoms with Gasteiger partial charge in [-0.2, -0.15) is 11.8 Å². The van der Waals surface area contributed by atoms with Crippen molar-refractivity contribution in [3.63, 3.8) is 0 Å². The third-order valence-corrected chi connectivity index (χ3v) is 3.93. The van der Waals surface area contributed by atoms with Crippen LogP contribution in [0.25, 0.3) is 0 Å². The summed E-state index contributed by atoms with van der Waals surface area (Å²) in [7, 11) is 0. The van der Waals surface area contributed by atoms with E-state index in [9.17, 15) is 14.7 Å². The number of benzene rings is 1. The fraction of sp³-hybridized carbons (Fsp3) is 0.429. The molecule has 0 radical (unpaired) electrons. The molecule has 0 aliphatic carbocycles. The molecule has 1 N–H and O–H groups in total. The molecule has 0 saturated carbocycles. The van der Waals surface area contributed by atoms with Crippen LogP contribution >= 0.6 is 11.8 Å². The summed E-state index contributed by atoms with van der Waals surface area (Å²) in [6.45, 7) is 0.277. The molecule has 0 aromatic heterocycles. The number of aliphatic carboxylic acids is 1. The van der Waals surface area contributed by atoms with Crippen LogP contribution < -0.4 is 4.90 Å². The minimum absolute atomic E-state index is 0.00718. The van der Waals surface area contributed by atoms with Crippen molar-refractivity contribution in [2.24, 2.45) is 5.92 Å². The number of thioether (sulfide) groups is 1. The molecule has 1 aromatic carbocycles. The Morgan fingerprint density at radius 1 is 1.42 bits per heavy atom. The molecule has 1 aliphatic heterocycles. The lowest BCUT2D eigenvalue weighted by atomic mass is 9.92. The number of anilines is 1. The number of carboxylic acids is 1. The highest BCUT2D eigenvalue weighted by atomic mass is 32.2. The van der Waals surface area contributed by atoms with E-state index in [1.807, 2.05) is 30.5 Å². The fourth-order valence-corrected chi connectivity index (χ4v) is 2.70. The van der Waals surface area contributed by atoms with Gasteiger partial charge in [-0.05, 0) is 24.3 Å². The van der Waals surface area contributed by atoms with Gasteiger partial charge in [-0.3, -0.25) is 9.59 Å². The summed E-state index contributed by atoms with van der Waals surface area (Å²) in [5.41, 5.74) is 1.81. The zero-order valence-electron chi connectivity index (χ0n) is 10.8. The lowest BCUT2D eigenvalue weighted by molar-refractivity contribution is -0.141. The second-order valence-electron chi connectivity index (χ2n) is 4.62. The maximum Gasteiger partial charge on any atom is 0.308 e. The molecule has 1 amide bonds. The normalized spacial score (nSPS) is 17.9. The lowest BCUT2D eigenvalue weighted by Crippen LogP contribution is -2.42. The Hall–Kier alpha value is -1.49. The van der Waals surface area contributed by atoms with E-state index in [1.54, 1.807) is 16.7 Å². The molecule has 1 atom stereocenters. The molecule has 1 heterocycles. The van der Waals surface area contributed by atoms with Gasteiger partial charge < -0.3 is 10.0 Å². The van der Waals surface area contributed by atoms with E-state index in [1.165, 1.54) is 0 Å². The van der Waals surface area contributed by atoms with Crippen molar-refractivity contribution in [1.29, 1.82) is 0 Å². The van der Waals surface area contributed by atoms with E-state index < -0.39 is 11.9 Å². The number of rotatable bonds is 4. The molecule has 0 fully saturated rings. The van der Waals surface area contributed by atoms with Crippen molar-refractivity contribution < 1.29 is 14.7 Å². The van der Waals surface area contributed by atoms with Crippen LogP contribution in [-0.2, 0) is 16.0 Å². The van der Waals surface area contributed by atoms with Gasteiger partial charge in [0.1, 0.15) is 0 Å². The summed E-state index contributed by atoms with van der Waals surface area (Å²) < 4.78 is 0. The van der Waals surface area contributed by atoms with E-state index in [0.717, 1.165) is 17.0 Å². The van der Waals surface area contributed by atoms with Crippen LogP contribution in [0.3, 0.4) is 0 Å². The number of carboxylic acid groups (broad SMARTS) is 1. The minimum atomic E-state index is -0.836. The number of carbonyl (C=O) groups is 2. The largest absolute Gasteiger partial charge is 0.481 e. The SMILES string of the molecule is CSCCC(=O)N1CC(C(=O)O)Cc2ccccc21. The first-order valence-corrected chi connectivity index (χ1v) is 7.63. The topological polar surface area (TPSA) is 57.6 Å². The van der Waals surface area contributed by atoms with Gasteiger partial charge >= 0.3 is 5.97 Å². The van der Waals surface area contributed by atoms with Crippen LogP contribution in [0, 0.1) is 5.92 Å². The van der Waals surface area contributed by atoms with Gasteiger partial charge in [0.05, 0.1) is 5.92 Å². The molecule has 2 rings (SSSR count). The Bertz CT molecular complexity index is 489. The predicted molar refractivity (Wildman–Crippen MR) is 76.6 cm³/mol. The molecule has 102 valence electrons. The van der Waals surface area contributed by atoms with Crippen molar-refractivity contribution in [1.82, 2.24) is 0 Å². The van der Waals surface area contributed by atoms with Gasteiger partial charge in [0.15, 0.2) is 0 Å². The minimum Gasteiger partial charge on any atom is -0.481 e. The second-order valence-corrected chi connectivity index (χ2v) is 5.60. The summed E-state index contributed by atoms with van der Waals surface area (Å²) in [6, 6.07) is 7.56. The van der Waals surface area contributed by atoms with Crippen molar-refractivity contribution in [2.45, 2.75) is 12.8 Å². The maximum absolute atomic E-state index is 12.2. The average Bonchev–Trinajstić information content (AvgIpc) is 2.43. The number of amides is 1. The maximum atomic E-state index is 12.2. The number of hydrogen-bond acceptors (Lipinski definition) is 3. The van der Waals surface area contributed by atoms with E-state index in [2.05, 4.69) is 0 Å². The van der Waals surface area contributed by atoms with Crippen LogP contribution in [0.4, 0.5) is 5.69 Å². The molecule has 0 spiro atoms.